The lowest BCUT2D eigenvalue weighted by molar-refractivity contribution is -0.112. The van der Waals surface area contributed by atoms with Crippen LogP contribution in [0.5, 0.6) is 11.5 Å². The van der Waals surface area contributed by atoms with E-state index in [1.54, 1.807) is 6.33 Å². The SMILES string of the molecule is C=CC(C)=O.C\C=C(/C=C\C(C)=C\CC)Oc1ccc(Nc2ncnc3cc4c(nc23)N(CCCC)CC(C)CO4)cc1C. The number of aromatic nitrogens is 3. The van der Waals surface area contributed by atoms with Crippen LogP contribution in [0.2, 0.25) is 0 Å². The lowest BCUT2D eigenvalue weighted by Crippen LogP contribution is -2.30. The first-order valence-electron chi connectivity index (χ1n) is 15.4. The van der Waals surface area contributed by atoms with E-state index in [0.29, 0.717) is 18.3 Å². The molecule has 0 aliphatic carbocycles. The van der Waals surface area contributed by atoms with E-state index >= 15 is 0 Å². The summed E-state index contributed by atoms with van der Waals surface area (Å²) in [4.78, 5) is 26.1. The van der Waals surface area contributed by atoms with Gasteiger partial charge in [-0.25, -0.2) is 15.0 Å². The van der Waals surface area contributed by atoms with E-state index in [9.17, 15) is 4.79 Å². The highest BCUT2D eigenvalue weighted by atomic mass is 16.5. The van der Waals surface area contributed by atoms with Gasteiger partial charge < -0.3 is 19.7 Å². The highest BCUT2D eigenvalue weighted by Crippen LogP contribution is 2.35. The van der Waals surface area contributed by atoms with Gasteiger partial charge in [-0.3, -0.25) is 4.79 Å². The van der Waals surface area contributed by atoms with Gasteiger partial charge in [0.25, 0.3) is 0 Å². The third kappa shape index (κ3) is 9.79. The van der Waals surface area contributed by atoms with Gasteiger partial charge in [-0.05, 0) is 82.5 Å². The Morgan fingerprint density at radius 1 is 1.20 bits per heavy atom. The molecule has 1 unspecified atom stereocenters. The van der Waals surface area contributed by atoms with E-state index in [4.69, 9.17) is 14.5 Å². The first-order chi connectivity index (χ1) is 21.2. The monoisotopic (exact) mass is 597 g/mol. The molecule has 0 saturated carbocycles. The van der Waals surface area contributed by atoms with Crippen LogP contribution < -0.4 is 19.7 Å². The van der Waals surface area contributed by atoms with Crippen molar-refractivity contribution in [3.8, 4) is 11.5 Å². The second-order valence-corrected chi connectivity index (χ2v) is 11.0. The van der Waals surface area contributed by atoms with Gasteiger partial charge >= 0.3 is 0 Å². The quantitative estimate of drug-likeness (QED) is 0.133. The van der Waals surface area contributed by atoms with Crippen molar-refractivity contribution in [2.75, 3.05) is 29.9 Å². The molecule has 8 heteroatoms. The number of ketones is 1. The molecular formula is C36H47N5O3. The van der Waals surface area contributed by atoms with E-state index in [0.717, 1.165) is 77.7 Å². The minimum Gasteiger partial charge on any atom is -0.489 e. The van der Waals surface area contributed by atoms with Gasteiger partial charge in [0.1, 0.15) is 23.4 Å². The van der Waals surface area contributed by atoms with E-state index in [2.05, 4.69) is 72.7 Å². The molecule has 44 heavy (non-hydrogen) atoms. The number of anilines is 3. The number of nitrogens with one attached hydrogen (secondary N) is 1. The molecule has 0 spiro atoms. The van der Waals surface area contributed by atoms with Crippen LogP contribution in [0.4, 0.5) is 17.3 Å². The van der Waals surface area contributed by atoms with Crippen LogP contribution in [0.25, 0.3) is 11.0 Å². The number of unbranched alkanes of at least 4 members (excludes halogenated alkanes) is 1. The molecule has 8 nitrogen and oxygen atoms in total. The third-order valence-corrected chi connectivity index (χ3v) is 6.97. The zero-order chi connectivity index (χ0) is 32.1. The molecule has 234 valence electrons. The minimum absolute atomic E-state index is 0.0185. The standard InChI is InChI=1S/C32H41N5O2.C4H6O/c1-7-10-16-37-19-23(5)20-38-29-18-27-30(36-32(29)37)31(34-21-33-27)35-25-13-15-28(24(6)17-25)39-26(9-3)14-12-22(4)11-8-2;1-3-4(2)5/h9,11-15,17-18,21,23H,7-8,10,16,19-20H2,1-6H3,(H,33,34,35);3H,1H2,2H3/b14-12-,22-11+,26-9+;. The number of nitrogens with zero attached hydrogens (tertiary/aromatic N) is 4. The van der Waals surface area contributed by atoms with Gasteiger partial charge in [0, 0.05) is 30.8 Å². The van der Waals surface area contributed by atoms with Gasteiger partial charge in [-0.1, -0.05) is 51.5 Å². The van der Waals surface area contributed by atoms with Crippen LogP contribution >= 0.6 is 0 Å². The van der Waals surface area contributed by atoms with Crippen LogP contribution in [0.1, 0.15) is 66.4 Å². The summed E-state index contributed by atoms with van der Waals surface area (Å²) < 4.78 is 12.3. The van der Waals surface area contributed by atoms with Gasteiger partial charge in [0.15, 0.2) is 23.2 Å². The maximum absolute atomic E-state index is 9.69. The van der Waals surface area contributed by atoms with E-state index in [1.807, 2.05) is 44.2 Å². The van der Waals surface area contributed by atoms with Crippen molar-refractivity contribution in [2.24, 2.45) is 5.92 Å². The van der Waals surface area contributed by atoms with Crippen molar-refractivity contribution in [3.05, 3.63) is 84.4 Å². The summed E-state index contributed by atoms with van der Waals surface area (Å²) in [6.07, 6.45) is 14.3. The molecule has 1 aromatic carbocycles. The predicted octanol–water partition coefficient (Wildman–Crippen LogP) is 8.67. The normalized spacial score (nSPS) is 15.2. The fraction of sp³-hybridized carbons (Fsp3) is 0.389. The molecule has 4 rings (SSSR count). The van der Waals surface area contributed by atoms with Crippen molar-refractivity contribution >= 4 is 34.1 Å². The summed E-state index contributed by atoms with van der Waals surface area (Å²) in [5, 5.41) is 3.46. The van der Waals surface area contributed by atoms with Gasteiger partial charge in [0.2, 0.25) is 0 Å². The highest BCUT2D eigenvalue weighted by Gasteiger charge is 2.23. The molecule has 1 N–H and O–H groups in total. The maximum atomic E-state index is 9.69. The lowest BCUT2D eigenvalue weighted by atomic mass is 10.2. The summed E-state index contributed by atoms with van der Waals surface area (Å²) >= 11 is 0. The molecule has 3 heterocycles. The Kier molecular flexibility index (Phi) is 13.1. The molecule has 0 saturated heterocycles. The average molecular weight is 598 g/mol. The molecule has 0 amide bonds. The van der Waals surface area contributed by atoms with Crippen molar-refractivity contribution < 1.29 is 14.3 Å². The second-order valence-electron chi connectivity index (χ2n) is 11.0. The number of carbonyl (C=O) groups is 1. The number of ether oxygens (including phenoxy) is 2. The van der Waals surface area contributed by atoms with Gasteiger partial charge in [-0.2, -0.15) is 0 Å². The Labute approximate surface area is 262 Å². The van der Waals surface area contributed by atoms with Crippen molar-refractivity contribution in [3.63, 3.8) is 0 Å². The number of allylic oxidation sites excluding steroid dienone is 6. The topological polar surface area (TPSA) is 89.5 Å². The summed E-state index contributed by atoms with van der Waals surface area (Å²) in [6, 6.07) is 8.03. The van der Waals surface area contributed by atoms with Gasteiger partial charge in [0.05, 0.1) is 12.1 Å². The zero-order valence-corrected chi connectivity index (χ0v) is 27.3. The smallest absolute Gasteiger partial charge is 0.172 e. The van der Waals surface area contributed by atoms with E-state index in [1.165, 1.54) is 18.6 Å². The fourth-order valence-corrected chi connectivity index (χ4v) is 4.57. The van der Waals surface area contributed by atoms with Gasteiger partial charge in [-0.15, -0.1) is 0 Å². The average Bonchev–Trinajstić information content (AvgIpc) is 3.16. The number of hydrogen-bond donors (Lipinski definition) is 1. The highest BCUT2D eigenvalue weighted by molar-refractivity contribution is 5.90. The molecule has 2 aromatic heterocycles. The number of pyridine rings is 1. The van der Waals surface area contributed by atoms with Crippen LogP contribution in [-0.4, -0.2) is 40.4 Å². The predicted molar refractivity (Wildman–Crippen MR) is 182 cm³/mol. The number of benzene rings is 1. The first-order valence-corrected chi connectivity index (χ1v) is 15.4. The zero-order valence-electron chi connectivity index (χ0n) is 27.3. The minimum atomic E-state index is 0.0185. The molecule has 0 fully saturated rings. The first kappa shape index (κ1) is 34.0. The molecule has 1 aliphatic heterocycles. The van der Waals surface area contributed by atoms with E-state index < -0.39 is 0 Å². The molecule has 1 atom stereocenters. The Balaban J connectivity index is 0.000000978. The molecule has 3 aromatic rings. The van der Waals surface area contributed by atoms with E-state index in [-0.39, 0.29) is 5.78 Å². The fourth-order valence-electron chi connectivity index (χ4n) is 4.57. The molecular weight excluding hydrogens is 550 g/mol. The van der Waals surface area contributed by atoms with Crippen LogP contribution in [0, 0.1) is 12.8 Å². The number of rotatable bonds is 11. The van der Waals surface area contributed by atoms with Crippen LogP contribution in [0.3, 0.4) is 0 Å². The van der Waals surface area contributed by atoms with Crippen molar-refractivity contribution in [1.82, 2.24) is 15.0 Å². The largest absolute Gasteiger partial charge is 0.489 e. The summed E-state index contributed by atoms with van der Waals surface area (Å²) in [5.74, 6) is 4.38. The van der Waals surface area contributed by atoms with Crippen molar-refractivity contribution in [1.29, 1.82) is 0 Å². The third-order valence-electron chi connectivity index (χ3n) is 6.97. The number of carbonyl (C=O) groups excluding carboxylic acids is 1. The lowest BCUT2D eigenvalue weighted by Gasteiger charge is -2.24. The molecule has 0 radical (unpaired) electrons. The Morgan fingerprint density at radius 3 is 2.64 bits per heavy atom. The van der Waals surface area contributed by atoms with Crippen LogP contribution in [0.15, 0.2) is 78.9 Å². The Bertz CT molecular complexity index is 1530. The number of hydrogen-bond acceptors (Lipinski definition) is 8. The Morgan fingerprint density at radius 2 is 1.98 bits per heavy atom. The molecule has 0 bridgehead atoms. The van der Waals surface area contributed by atoms with Crippen LogP contribution in [-0.2, 0) is 4.79 Å². The second kappa shape index (κ2) is 17.0. The summed E-state index contributed by atoms with van der Waals surface area (Å²) in [7, 11) is 0. The maximum Gasteiger partial charge on any atom is 0.172 e. The summed E-state index contributed by atoms with van der Waals surface area (Å²) in [5.41, 5.74) is 4.62. The summed E-state index contributed by atoms with van der Waals surface area (Å²) in [6.45, 7) is 19.9. The number of aryl methyl sites for hydroxylation is 1. The van der Waals surface area contributed by atoms with Crippen molar-refractivity contribution in [2.45, 2.75) is 67.7 Å². The number of fused-ring (bicyclic) bond motifs is 2. The molecule has 1 aliphatic rings. The Hall–Kier alpha value is -4.46.